The first-order valence-corrected chi connectivity index (χ1v) is 39.6. The van der Waals surface area contributed by atoms with Crippen molar-refractivity contribution < 1.29 is 60.1 Å². The molecular formula is C78H92N10O13S2. The van der Waals surface area contributed by atoms with E-state index in [1.807, 2.05) is 52.2 Å². The fourth-order valence-electron chi connectivity index (χ4n) is 15.6. The number of amides is 3. The molecule has 6 fully saturated rings. The van der Waals surface area contributed by atoms with Gasteiger partial charge in [0.25, 0.3) is 17.7 Å². The molecule has 4 aliphatic heterocycles. The monoisotopic (exact) mass is 1440 g/mol. The van der Waals surface area contributed by atoms with E-state index in [0.717, 1.165) is 181 Å². The Morgan fingerprint density at radius 2 is 0.971 bits per heavy atom. The molecule has 0 unspecified atom stereocenters. The van der Waals surface area contributed by atoms with Gasteiger partial charge in [0.05, 0.1) is 99.7 Å². The second-order valence-corrected chi connectivity index (χ2v) is 33.3. The van der Waals surface area contributed by atoms with Gasteiger partial charge < -0.3 is 52.5 Å². The van der Waals surface area contributed by atoms with E-state index in [-0.39, 0.29) is 34.8 Å². The lowest BCUT2D eigenvalue weighted by atomic mass is 9.81. The number of methoxy groups -OCH3 is 2. The maximum Gasteiger partial charge on any atom is 0.356 e. The van der Waals surface area contributed by atoms with Gasteiger partial charge >= 0.3 is 5.97 Å². The summed E-state index contributed by atoms with van der Waals surface area (Å²) >= 11 is 0. The standard InChI is InChI=1S/C39H45N5O6S.C35H38N4O6S.C4H9NO/c1-24(2)51(47,48)41-38(45)26-9-13-32-33(21-26)43-22-28(36-35(40-23-44(36)29-10-11-29)39(46)42-15-17-50-18-16-42)19-27-20-30(49-3)12-14-31(27)37(43)34(32)25-7-5-4-6-8-25;1-20(2)46(43,44)37-34(40)22-9-13-28-29(17-22)38-18-24(32-31(35(41)42)36-19-39(32)25-10-11-25)15-23-16-26(45-3)12-14-27(23)33(38)30(28)21-7-5-4-6-8-21;1-3-6-4-2-5-1/h9,12-14,19-21,23-25,29H,4-8,10-11,15-18,22H2,1-3H3,(H,41,45);9,12-17,19-21,25H,4-8,10-11,18H2,1-3H3,(H,37,40)(H,41,42);5H,1-4H2. The van der Waals surface area contributed by atoms with Crippen LogP contribution in [0.3, 0.4) is 0 Å². The summed E-state index contributed by atoms with van der Waals surface area (Å²) in [6, 6.07) is 23.6. The van der Waals surface area contributed by atoms with Crippen LogP contribution in [0.1, 0.15) is 217 Å². The number of nitrogens with one attached hydrogen (secondary N) is 3. The van der Waals surface area contributed by atoms with Gasteiger partial charge in [0.2, 0.25) is 20.0 Å². The molecule has 0 spiro atoms. The molecule has 8 heterocycles. The first-order valence-electron chi connectivity index (χ1n) is 36.5. The number of rotatable bonds is 16. The number of ether oxygens (including phenoxy) is 4. The third-order valence-electron chi connectivity index (χ3n) is 21.4. The van der Waals surface area contributed by atoms with Gasteiger partial charge in [-0.05, 0) is 197 Å². The van der Waals surface area contributed by atoms with Gasteiger partial charge in [-0.3, -0.25) is 14.4 Å². The van der Waals surface area contributed by atoms with Gasteiger partial charge in [0.1, 0.15) is 11.5 Å². The number of sulfonamides is 2. The predicted octanol–water partition coefficient (Wildman–Crippen LogP) is 12.6. The van der Waals surface area contributed by atoms with Crippen molar-refractivity contribution in [3.8, 4) is 34.0 Å². The summed E-state index contributed by atoms with van der Waals surface area (Å²) in [7, 11) is -4.36. The maximum absolute atomic E-state index is 14.1. The molecule has 4 N–H and O–H groups in total. The summed E-state index contributed by atoms with van der Waals surface area (Å²) in [6.45, 7) is 12.8. The Labute approximate surface area is 601 Å². The van der Waals surface area contributed by atoms with Gasteiger partial charge in [-0.25, -0.2) is 41.0 Å². The van der Waals surface area contributed by atoms with E-state index in [2.05, 4.69) is 63.8 Å². The number of carbonyl (C=O) groups excluding carboxylic acids is 3. The van der Waals surface area contributed by atoms with Crippen LogP contribution in [0.15, 0.2) is 85.5 Å². The number of carbonyl (C=O) groups is 4. The number of allylic oxidation sites excluding steroid dienone is 2. The highest BCUT2D eigenvalue weighted by molar-refractivity contribution is 7.90. The maximum atomic E-state index is 14.1. The van der Waals surface area contributed by atoms with Gasteiger partial charge in [-0.1, -0.05) is 50.7 Å². The van der Waals surface area contributed by atoms with Crippen LogP contribution in [-0.2, 0) is 42.6 Å². The lowest BCUT2D eigenvalue weighted by molar-refractivity contribution is 0.0299. The molecule has 2 saturated heterocycles. The third-order valence-corrected chi connectivity index (χ3v) is 24.9. The first-order chi connectivity index (χ1) is 49.7. The molecule has 0 bridgehead atoms. The summed E-state index contributed by atoms with van der Waals surface area (Å²) in [5.41, 5.74) is 14.3. The number of hydrogen-bond donors (Lipinski definition) is 4. The molecule has 0 radical (unpaired) electrons. The van der Waals surface area contributed by atoms with Gasteiger partial charge in [-0.15, -0.1) is 0 Å². The molecule has 8 aliphatic rings. The van der Waals surface area contributed by atoms with Crippen LogP contribution in [-0.4, -0.2) is 156 Å². The number of carboxylic acid groups (broad SMARTS) is 1. The van der Waals surface area contributed by atoms with E-state index in [1.54, 1.807) is 52.6 Å². The Kier molecular flexibility index (Phi) is 20.5. The molecule has 23 nitrogen and oxygen atoms in total. The summed E-state index contributed by atoms with van der Waals surface area (Å²) in [4.78, 5) is 64.4. The fraction of sp³-hybridized carbons (Fsp3) is 0.462. The summed E-state index contributed by atoms with van der Waals surface area (Å²) in [5.74, 6) is -0.468. The van der Waals surface area contributed by atoms with Crippen LogP contribution in [0.4, 0.5) is 0 Å². The number of fused-ring (bicyclic) bond motifs is 10. The van der Waals surface area contributed by atoms with Crippen molar-refractivity contribution in [1.29, 1.82) is 0 Å². The Morgan fingerprint density at radius 3 is 1.36 bits per heavy atom. The average Bonchev–Trinajstić information content (AvgIpc) is 1.58. The SMILES string of the molecule is C1COCCN1.COc1ccc2c(c1)C=C(c1c(C(=O)N3CCOCC3)ncn1C1CC1)Cn1c-2c(C2CCCCC2)c2ccc(C(=O)NS(=O)(=O)C(C)C)cc21.COc1ccc2c(c1)C=C(c1c(C(=O)O)ncn1C1CC1)Cn1c-2c(C2CCCCC2)c2ccc(C(=O)NS(=O)(=O)C(C)C)cc21. The van der Waals surface area contributed by atoms with Crippen LogP contribution >= 0.6 is 0 Å². The summed E-state index contributed by atoms with van der Waals surface area (Å²) < 4.78 is 85.7. The number of morpholine rings is 2. The predicted molar refractivity (Wildman–Crippen MR) is 397 cm³/mol. The molecule has 4 saturated carbocycles. The minimum Gasteiger partial charge on any atom is -0.497 e. The number of imidazole rings is 2. The van der Waals surface area contributed by atoms with E-state index in [9.17, 15) is 41.1 Å². The summed E-state index contributed by atoms with van der Waals surface area (Å²) in [6.07, 6.45) is 22.8. The van der Waals surface area contributed by atoms with E-state index in [4.69, 9.17) is 23.9 Å². The second-order valence-electron chi connectivity index (χ2n) is 28.9. The molecule has 8 aromatic rings. The molecule has 4 aromatic heterocycles. The van der Waals surface area contributed by atoms with E-state index in [0.29, 0.717) is 68.4 Å². The molecule has 3 amide bonds. The zero-order valence-corrected chi connectivity index (χ0v) is 61.1. The van der Waals surface area contributed by atoms with Crippen molar-refractivity contribution in [3.05, 3.63) is 142 Å². The number of nitrogens with zero attached hydrogens (tertiary/aromatic N) is 7. The Balaban J connectivity index is 0.000000162. The quantitative estimate of drug-likeness (QED) is 0.0699. The average molecular weight is 1440 g/mol. The van der Waals surface area contributed by atoms with Gasteiger partial charge in [0.15, 0.2) is 11.4 Å². The highest BCUT2D eigenvalue weighted by Crippen LogP contribution is 2.52. The van der Waals surface area contributed by atoms with Crippen molar-refractivity contribution in [2.75, 3.05) is 66.8 Å². The largest absolute Gasteiger partial charge is 0.497 e. The molecule has 544 valence electrons. The number of aromatic carboxylic acids is 1. The number of benzene rings is 4. The second kappa shape index (κ2) is 29.7. The lowest BCUT2D eigenvalue weighted by Gasteiger charge is -2.27. The van der Waals surface area contributed by atoms with Crippen LogP contribution in [0.5, 0.6) is 11.5 Å². The topological polar surface area (TPSA) is 279 Å². The third kappa shape index (κ3) is 14.5. The molecule has 0 atom stereocenters. The smallest absolute Gasteiger partial charge is 0.356 e. The van der Waals surface area contributed by atoms with Crippen molar-refractivity contribution in [1.82, 2.24) is 47.9 Å². The zero-order chi connectivity index (χ0) is 72.0. The van der Waals surface area contributed by atoms with Crippen molar-refractivity contribution >= 4 is 88.8 Å². The first kappa shape index (κ1) is 71.1. The van der Waals surface area contributed by atoms with Crippen LogP contribution in [0, 0.1) is 0 Å². The fourth-order valence-corrected chi connectivity index (χ4v) is 16.9. The number of aromatic nitrogens is 6. The van der Waals surface area contributed by atoms with E-state index < -0.39 is 48.3 Å². The normalized spacial score (nSPS) is 18.0. The van der Waals surface area contributed by atoms with Gasteiger partial charge in [-0.2, -0.15) is 0 Å². The molecule has 103 heavy (non-hydrogen) atoms. The van der Waals surface area contributed by atoms with Crippen molar-refractivity contribution in [3.63, 3.8) is 0 Å². The van der Waals surface area contributed by atoms with Crippen LogP contribution in [0.25, 0.3) is 67.6 Å². The lowest BCUT2D eigenvalue weighted by Crippen LogP contribution is -2.41. The Morgan fingerprint density at radius 1 is 0.544 bits per heavy atom. The van der Waals surface area contributed by atoms with Crippen LogP contribution < -0.4 is 24.2 Å². The number of hydrogen-bond acceptors (Lipinski definition) is 15. The van der Waals surface area contributed by atoms with Crippen molar-refractivity contribution in [2.45, 2.75) is 165 Å². The Hall–Kier alpha value is -8.88. The highest BCUT2D eigenvalue weighted by atomic mass is 32.2. The Bertz CT molecular complexity index is 4900. The molecule has 4 aromatic carbocycles. The minimum atomic E-state index is -3.83. The van der Waals surface area contributed by atoms with E-state index >= 15 is 0 Å². The van der Waals surface area contributed by atoms with Crippen molar-refractivity contribution in [2.24, 2.45) is 0 Å². The highest BCUT2D eigenvalue weighted by Gasteiger charge is 2.39. The molecule has 4 aliphatic carbocycles. The van der Waals surface area contributed by atoms with E-state index in [1.165, 1.54) is 37.8 Å². The molecular weight excluding hydrogens is 1350 g/mol. The molecule has 16 rings (SSSR count). The summed E-state index contributed by atoms with van der Waals surface area (Å²) in [5, 5.41) is 13.9. The zero-order valence-electron chi connectivity index (χ0n) is 59.5. The minimum absolute atomic E-state index is 0.00831. The van der Waals surface area contributed by atoms with Crippen LogP contribution in [0.2, 0.25) is 0 Å². The van der Waals surface area contributed by atoms with Gasteiger partial charge in [0, 0.05) is 82.3 Å². The number of carboxylic acids is 1. The molecule has 25 heteroatoms.